The fraction of sp³-hybridized carbons (Fsp3) is 0.167. The molecule has 0 atom stereocenters. The highest BCUT2D eigenvalue weighted by atomic mass is 16.5. The molecule has 0 amide bonds. The van der Waals surface area contributed by atoms with Gasteiger partial charge in [0.05, 0.1) is 0 Å². The molecule has 3 nitrogen and oxygen atoms in total. The van der Waals surface area contributed by atoms with Crippen LogP contribution in [-0.2, 0) is 4.79 Å². The zero-order chi connectivity index (χ0) is 10.8. The Morgan fingerprint density at radius 2 is 2.13 bits per heavy atom. The number of hydrogen-bond acceptors (Lipinski definition) is 3. The molecule has 0 saturated carbocycles. The van der Waals surface area contributed by atoms with Gasteiger partial charge in [0.2, 0.25) is 0 Å². The van der Waals surface area contributed by atoms with Crippen LogP contribution in [0.3, 0.4) is 0 Å². The van der Waals surface area contributed by atoms with Gasteiger partial charge in [-0.15, -0.1) is 0 Å². The zero-order valence-electron chi connectivity index (χ0n) is 8.32. The van der Waals surface area contributed by atoms with Crippen LogP contribution in [0.4, 0.5) is 0 Å². The maximum Gasteiger partial charge on any atom is 0.193 e. The molecular formula is C12H10O3. The maximum atomic E-state index is 11.1. The average Bonchev–Trinajstić information content (AvgIpc) is 2.40. The SMILES string of the molecule is CC(=O)c1ccc2c(c1)C=CC(=O)CO2. The molecule has 0 radical (unpaired) electrons. The largest absolute Gasteiger partial charge is 0.485 e. The summed E-state index contributed by atoms with van der Waals surface area (Å²) >= 11 is 0. The van der Waals surface area contributed by atoms with Crippen molar-refractivity contribution < 1.29 is 14.3 Å². The Morgan fingerprint density at radius 3 is 2.87 bits per heavy atom. The van der Waals surface area contributed by atoms with E-state index in [1.54, 1.807) is 24.3 Å². The summed E-state index contributed by atoms with van der Waals surface area (Å²) in [6.45, 7) is 1.57. The van der Waals surface area contributed by atoms with Crippen molar-refractivity contribution in [1.82, 2.24) is 0 Å². The lowest BCUT2D eigenvalue weighted by Gasteiger charge is -2.06. The minimum absolute atomic E-state index is 0.00164. The van der Waals surface area contributed by atoms with E-state index in [4.69, 9.17) is 4.74 Å². The van der Waals surface area contributed by atoms with Crippen molar-refractivity contribution in [2.45, 2.75) is 6.92 Å². The molecule has 76 valence electrons. The van der Waals surface area contributed by atoms with E-state index in [0.717, 1.165) is 5.56 Å². The van der Waals surface area contributed by atoms with Crippen molar-refractivity contribution in [2.24, 2.45) is 0 Å². The third-order valence-corrected chi connectivity index (χ3v) is 2.24. The van der Waals surface area contributed by atoms with Crippen molar-refractivity contribution >= 4 is 17.6 Å². The molecule has 0 unspecified atom stereocenters. The highest BCUT2D eigenvalue weighted by Gasteiger charge is 2.10. The molecule has 1 aromatic carbocycles. The Balaban J connectivity index is 2.46. The Bertz CT molecular complexity index is 458. The maximum absolute atomic E-state index is 11.1. The first kappa shape index (κ1) is 9.65. The van der Waals surface area contributed by atoms with Crippen LogP contribution in [0, 0.1) is 0 Å². The van der Waals surface area contributed by atoms with Gasteiger partial charge in [-0.3, -0.25) is 9.59 Å². The Labute approximate surface area is 87.4 Å². The second-order valence-electron chi connectivity index (χ2n) is 3.40. The van der Waals surface area contributed by atoms with Crippen LogP contribution in [0.25, 0.3) is 6.08 Å². The van der Waals surface area contributed by atoms with Crippen molar-refractivity contribution in [2.75, 3.05) is 6.61 Å². The lowest BCUT2D eigenvalue weighted by atomic mass is 10.1. The molecular weight excluding hydrogens is 192 g/mol. The van der Waals surface area contributed by atoms with E-state index < -0.39 is 0 Å². The van der Waals surface area contributed by atoms with E-state index >= 15 is 0 Å². The van der Waals surface area contributed by atoms with Crippen molar-refractivity contribution in [3.63, 3.8) is 0 Å². The average molecular weight is 202 g/mol. The monoisotopic (exact) mass is 202 g/mol. The van der Waals surface area contributed by atoms with Gasteiger partial charge in [-0.2, -0.15) is 0 Å². The minimum atomic E-state index is -0.0735. The normalized spacial score (nSPS) is 14.1. The van der Waals surface area contributed by atoms with Gasteiger partial charge in [0.25, 0.3) is 0 Å². The number of benzene rings is 1. The summed E-state index contributed by atoms with van der Waals surface area (Å²) in [4.78, 5) is 22.2. The summed E-state index contributed by atoms with van der Waals surface area (Å²) in [5, 5.41) is 0. The van der Waals surface area contributed by atoms with Gasteiger partial charge in [0, 0.05) is 11.1 Å². The predicted molar refractivity (Wildman–Crippen MR) is 56.0 cm³/mol. The molecule has 3 heteroatoms. The number of carbonyl (C=O) groups excluding carboxylic acids is 2. The third kappa shape index (κ3) is 1.96. The van der Waals surface area contributed by atoms with Crippen LogP contribution in [0.15, 0.2) is 24.3 Å². The molecule has 0 spiro atoms. The van der Waals surface area contributed by atoms with E-state index in [1.807, 2.05) is 0 Å². The van der Waals surface area contributed by atoms with Gasteiger partial charge in [0.15, 0.2) is 18.2 Å². The van der Waals surface area contributed by atoms with Gasteiger partial charge in [-0.05, 0) is 37.3 Å². The first-order valence-electron chi connectivity index (χ1n) is 4.65. The molecule has 2 rings (SSSR count). The standard InChI is InChI=1S/C12H10O3/c1-8(13)9-3-5-12-10(6-9)2-4-11(14)7-15-12/h2-6H,7H2,1H3. The number of fused-ring (bicyclic) bond motifs is 1. The van der Waals surface area contributed by atoms with Crippen LogP contribution >= 0.6 is 0 Å². The third-order valence-electron chi connectivity index (χ3n) is 2.24. The molecule has 1 aromatic rings. The minimum Gasteiger partial charge on any atom is -0.485 e. The topological polar surface area (TPSA) is 43.4 Å². The second kappa shape index (κ2) is 3.69. The van der Waals surface area contributed by atoms with Crippen molar-refractivity contribution in [1.29, 1.82) is 0 Å². The highest BCUT2D eigenvalue weighted by molar-refractivity contribution is 5.98. The fourth-order valence-corrected chi connectivity index (χ4v) is 1.41. The highest BCUT2D eigenvalue weighted by Crippen LogP contribution is 2.23. The molecule has 1 aliphatic heterocycles. The van der Waals surface area contributed by atoms with E-state index in [9.17, 15) is 9.59 Å². The summed E-state index contributed by atoms with van der Waals surface area (Å²) in [5.41, 5.74) is 1.39. The number of Topliss-reactive ketones (excluding diaryl/α,β-unsaturated/α-hetero) is 1. The summed E-state index contributed by atoms with van der Waals surface area (Å²) in [5.74, 6) is 0.569. The Morgan fingerprint density at radius 1 is 1.33 bits per heavy atom. The fourth-order valence-electron chi connectivity index (χ4n) is 1.41. The summed E-state index contributed by atoms with van der Waals surface area (Å²) in [6, 6.07) is 5.15. The van der Waals surface area contributed by atoms with Crippen LogP contribution in [0.5, 0.6) is 5.75 Å². The predicted octanol–water partition coefficient (Wildman–Crippen LogP) is 1.86. The van der Waals surface area contributed by atoms with E-state index in [0.29, 0.717) is 11.3 Å². The molecule has 0 aliphatic carbocycles. The lowest BCUT2D eigenvalue weighted by molar-refractivity contribution is -0.116. The first-order valence-corrected chi connectivity index (χ1v) is 4.65. The summed E-state index contributed by atoms with van der Waals surface area (Å²) in [6.07, 6.45) is 3.15. The summed E-state index contributed by atoms with van der Waals surface area (Å²) < 4.78 is 5.27. The van der Waals surface area contributed by atoms with Crippen LogP contribution in [-0.4, -0.2) is 18.2 Å². The first-order chi connectivity index (χ1) is 7.16. The number of hydrogen-bond donors (Lipinski definition) is 0. The number of ketones is 2. The zero-order valence-corrected chi connectivity index (χ0v) is 8.32. The molecule has 1 aliphatic rings. The number of rotatable bonds is 1. The van der Waals surface area contributed by atoms with Gasteiger partial charge >= 0.3 is 0 Å². The smallest absolute Gasteiger partial charge is 0.193 e. The molecule has 1 heterocycles. The molecule has 0 N–H and O–H groups in total. The van der Waals surface area contributed by atoms with Crippen molar-refractivity contribution in [3.8, 4) is 5.75 Å². The van der Waals surface area contributed by atoms with E-state index in [-0.39, 0.29) is 18.2 Å². The molecule has 0 saturated heterocycles. The summed E-state index contributed by atoms with van der Waals surface area (Å²) in [7, 11) is 0. The lowest BCUT2D eigenvalue weighted by Crippen LogP contribution is -2.06. The Hall–Kier alpha value is -1.90. The van der Waals surface area contributed by atoms with Gasteiger partial charge < -0.3 is 4.74 Å². The van der Waals surface area contributed by atoms with Gasteiger partial charge in [0.1, 0.15) is 5.75 Å². The van der Waals surface area contributed by atoms with Crippen molar-refractivity contribution in [3.05, 3.63) is 35.4 Å². The molecule has 0 bridgehead atoms. The molecule has 0 fully saturated rings. The molecule has 0 aromatic heterocycles. The van der Waals surface area contributed by atoms with Crippen LogP contribution in [0.1, 0.15) is 22.8 Å². The molecule has 15 heavy (non-hydrogen) atoms. The number of ether oxygens (including phenoxy) is 1. The van der Waals surface area contributed by atoms with Crippen LogP contribution in [0.2, 0.25) is 0 Å². The van der Waals surface area contributed by atoms with Gasteiger partial charge in [-0.1, -0.05) is 0 Å². The second-order valence-corrected chi connectivity index (χ2v) is 3.40. The van der Waals surface area contributed by atoms with Gasteiger partial charge in [-0.25, -0.2) is 0 Å². The van der Waals surface area contributed by atoms with Crippen LogP contribution < -0.4 is 4.74 Å². The number of carbonyl (C=O) groups is 2. The van der Waals surface area contributed by atoms with E-state index in [2.05, 4.69) is 0 Å². The quantitative estimate of drug-likeness (QED) is 0.653. The van der Waals surface area contributed by atoms with E-state index in [1.165, 1.54) is 13.0 Å². The Kier molecular flexibility index (Phi) is 2.37.